The van der Waals surface area contributed by atoms with E-state index in [9.17, 15) is 4.79 Å². The molecular weight excluding hydrogens is 458 g/mol. The van der Waals surface area contributed by atoms with Crippen molar-refractivity contribution >= 4 is 11.7 Å². The van der Waals surface area contributed by atoms with Gasteiger partial charge >= 0.3 is 6.09 Å². The van der Waals surface area contributed by atoms with Crippen molar-refractivity contribution < 1.29 is 27.5 Å². The van der Waals surface area contributed by atoms with Crippen LogP contribution < -0.4 is 0 Å². The molecule has 4 heterocycles. The molecule has 4 aromatic rings. The average Bonchev–Trinajstić information content (AvgIpc) is 3.41. The lowest BCUT2D eigenvalue weighted by molar-refractivity contribution is -0.0241. The van der Waals surface area contributed by atoms with Gasteiger partial charge in [-0.1, -0.05) is 0 Å². The SMILES string of the molecule is COC(=O)N1CCO[C@@H](Cc2c(-c3c(F)cc(-c4nc(C)co4)cc3F)nc3cc(C)ccn23)C1. The Kier molecular flexibility index (Phi) is 5.98. The van der Waals surface area contributed by atoms with Gasteiger partial charge in [0.25, 0.3) is 0 Å². The molecule has 1 fully saturated rings. The summed E-state index contributed by atoms with van der Waals surface area (Å²) in [5.41, 5.74) is 2.84. The van der Waals surface area contributed by atoms with Crippen molar-refractivity contribution in [2.24, 2.45) is 0 Å². The Morgan fingerprint density at radius 3 is 2.66 bits per heavy atom. The van der Waals surface area contributed by atoms with Crippen LogP contribution in [-0.4, -0.2) is 58.3 Å². The molecule has 1 amide bonds. The number of morpholine rings is 1. The normalized spacial score (nSPS) is 16.1. The Hall–Kier alpha value is -3.79. The molecule has 3 aromatic heterocycles. The summed E-state index contributed by atoms with van der Waals surface area (Å²) in [5, 5.41) is 0. The maximum atomic E-state index is 15.4. The van der Waals surface area contributed by atoms with Crippen LogP contribution in [0.1, 0.15) is 17.0 Å². The van der Waals surface area contributed by atoms with E-state index in [4.69, 9.17) is 13.9 Å². The summed E-state index contributed by atoms with van der Waals surface area (Å²) in [7, 11) is 1.33. The molecule has 1 aliphatic rings. The second-order valence-electron chi connectivity index (χ2n) is 8.56. The first kappa shape index (κ1) is 23.0. The number of oxazole rings is 1. The van der Waals surface area contributed by atoms with Crippen molar-refractivity contribution in [3.63, 3.8) is 0 Å². The fraction of sp³-hybridized carbons (Fsp3) is 0.320. The molecule has 1 atom stereocenters. The zero-order chi connectivity index (χ0) is 24.7. The van der Waals surface area contributed by atoms with Crippen LogP contribution in [0.15, 0.2) is 41.1 Å². The van der Waals surface area contributed by atoms with E-state index in [1.165, 1.54) is 25.5 Å². The molecule has 0 aliphatic carbocycles. The first-order chi connectivity index (χ1) is 16.8. The Morgan fingerprint density at radius 1 is 1.20 bits per heavy atom. The maximum absolute atomic E-state index is 15.4. The summed E-state index contributed by atoms with van der Waals surface area (Å²) in [6.07, 6.45) is 2.68. The number of halogens is 2. The predicted molar refractivity (Wildman–Crippen MR) is 123 cm³/mol. The monoisotopic (exact) mass is 482 g/mol. The second kappa shape index (κ2) is 9.10. The maximum Gasteiger partial charge on any atom is 0.409 e. The zero-order valence-electron chi connectivity index (χ0n) is 19.5. The number of carbonyl (C=O) groups excluding carboxylic acids is 1. The fourth-order valence-electron chi connectivity index (χ4n) is 4.36. The number of carbonyl (C=O) groups is 1. The van der Waals surface area contributed by atoms with E-state index in [0.29, 0.717) is 36.7 Å². The van der Waals surface area contributed by atoms with Crippen LogP contribution in [0.5, 0.6) is 0 Å². The lowest BCUT2D eigenvalue weighted by Crippen LogP contribution is -2.46. The molecule has 0 spiro atoms. The van der Waals surface area contributed by atoms with Gasteiger partial charge in [-0.25, -0.2) is 23.5 Å². The summed E-state index contributed by atoms with van der Waals surface area (Å²) >= 11 is 0. The highest BCUT2D eigenvalue weighted by atomic mass is 19.1. The van der Waals surface area contributed by atoms with Gasteiger partial charge in [-0.3, -0.25) is 0 Å². The number of nitrogens with zero attached hydrogens (tertiary/aromatic N) is 4. The molecule has 10 heteroatoms. The number of ether oxygens (including phenoxy) is 2. The van der Waals surface area contributed by atoms with Crippen LogP contribution in [0, 0.1) is 25.5 Å². The molecule has 0 radical (unpaired) electrons. The van der Waals surface area contributed by atoms with Crippen molar-refractivity contribution in [2.45, 2.75) is 26.4 Å². The van der Waals surface area contributed by atoms with Crippen LogP contribution in [0.4, 0.5) is 13.6 Å². The molecule has 1 aromatic carbocycles. The molecule has 0 saturated carbocycles. The van der Waals surface area contributed by atoms with Crippen molar-refractivity contribution in [1.82, 2.24) is 19.3 Å². The van der Waals surface area contributed by atoms with Gasteiger partial charge in [-0.15, -0.1) is 0 Å². The van der Waals surface area contributed by atoms with Crippen LogP contribution in [0.3, 0.4) is 0 Å². The van der Waals surface area contributed by atoms with E-state index in [1.54, 1.807) is 16.2 Å². The lowest BCUT2D eigenvalue weighted by atomic mass is 10.0. The van der Waals surface area contributed by atoms with Gasteiger partial charge in [0, 0.05) is 24.7 Å². The first-order valence-corrected chi connectivity index (χ1v) is 11.2. The summed E-state index contributed by atoms with van der Waals surface area (Å²) in [6.45, 7) is 4.68. The number of methoxy groups -OCH3 is 1. The Bertz CT molecular complexity index is 1390. The van der Waals surface area contributed by atoms with E-state index in [-0.39, 0.29) is 29.1 Å². The van der Waals surface area contributed by atoms with Crippen molar-refractivity contribution in [1.29, 1.82) is 0 Å². The number of rotatable bonds is 4. The smallest absolute Gasteiger partial charge is 0.409 e. The summed E-state index contributed by atoms with van der Waals surface area (Å²) in [5.74, 6) is -1.42. The molecule has 1 aliphatic heterocycles. The third-order valence-corrected chi connectivity index (χ3v) is 6.02. The first-order valence-electron chi connectivity index (χ1n) is 11.2. The molecule has 8 nitrogen and oxygen atoms in total. The lowest BCUT2D eigenvalue weighted by Gasteiger charge is -2.32. The van der Waals surface area contributed by atoms with Gasteiger partial charge in [0.05, 0.1) is 49.0 Å². The van der Waals surface area contributed by atoms with Gasteiger partial charge in [0.1, 0.15) is 23.5 Å². The standard InChI is InChI=1S/C25H24F2N4O4/c1-14-4-5-31-20(11-17-12-30(6-7-34-17)25(32)33-3)23(29-21(31)8-14)22-18(26)9-16(10-19(22)27)24-28-15(2)13-35-24/h4-5,8-10,13,17H,6-7,11-12H2,1-3H3/t17-/m0/s1. The van der Waals surface area contributed by atoms with E-state index < -0.39 is 23.8 Å². The van der Waals surface area contributed by atoms with E-state index in [2.05, 4.69) is 9.97 Å². The molecule has 182 valence electrons. The highest BCUT2D eigenvalue weighted by Crippen LogP contribution is 2.34. The highest BCUT2D eigenvalue weighted by molar-refractivity contribution is 5.71. The average molecular weight is 482 g/mol. The number of pyridine rings is 1. The highest BCUT2D eigenvalue weighted by Gasteiger charge is 2.29. The number of aromatic nitrogens is 3. The van der Waals surface area contributed by atoms with E-state index in [1.807, 2.05) is 25.3 Å². The van der Waals surface area contributed by atoms with Gasteiger partial charge in [0.15, 0.2) is 0 Å². The van der Waals surface area contributed by atoms with E-state index >= 15 is 8.78 Å². The molecule has 1 saturated heterocycles. The molecule has 5 rings (SSSR count). The summed E-state index contributed by atoms with van der Waals surface area (Å²) in [6, 6.07) is 6.12. The molecular formula is C25H24F2N4O4. The Morgan fingerprint density at radius 2 is 1.97 bits per heavy atom. The second-order valence-corrected chi connectivity index (χ2v) is 8.56. The van der Waals surface area contributed by atoms with Crippen LogP contribution in [-0.2, 0) is 15.9 Å². The number of amides is 1. The zero-order valence-corrected chi connectivity index (χ0v) is 19.5. The molecule has 35 heavy (non-hydrogen) atoms. The largest absolute Gasteiger partial charge is 0.453 e. The van der Waals surface area contributed by atoms with Crippen LogP contribution in [0.25, 0.3) is 28.4 Å². The number of hydrogen-bond donors (Lipinski definition) is 0. The van der Waals surface area contributed by atoms with Crippen molar-refractivity contribution in [2.75, 3.05) is 26.8 Å². The topological polar surface area (TPSA) is 82.1 Å². The van der Waals surface area contributed by atoms with Gasteiger partial charge in [-0.2, -0.15) is 0 Å². The summed E-state index contributed by atoms with van der Waals surface area (Å²) < 4.78 is 48.6. The fourth-order valence-corrected chi connectivity index (χ4v) is 4.36. The minimum Gasteiger partial charge on any atom is -0.453 e. The van der Waals surface area contributed by atoms with Crippen LogP contribution >= 0.6 is 0 Å². The van der Waals surface area contributed by atoms with Crippen LogP contribution in [0.2, 0.25) is 0 Å². The molecule has 0 bridgehead atoms. The quantitative estimate of drug-likeness (QED) is 0.424. The van der Waals surface area contributed by atoms with Crippen molar-refractivity contribution in [3.05, 3.63) is 65.3 Å². The van der Waals surface area contributed by atoms with E-state index in [0.717, 1.165) is 5.56 Å². The third kappa shape index (κ3) is 4.37. The van der Waals surface area contributed by atoms with Gasteiger partial charge < -0.3 is 23.2 Å². The number of benzene rings is 1. The minimum atomic E-state index is -0.780. The molecule has 0 N–H and O–H groups in total. The number of fused-ring (bicyclic) bond motifs is 1. The third-order valence-electron chi connectivity index (χ3n) is 6.02. The Labute approximate surface area is 200 Å². The number of imidazole rings is 1. The number of aryl methyl sites for hydroxylation is 2. The predicted octanol–water partition coefficient (Wildman–Crippen LogP) is 4.56. The molecule has 0 unspecified atom stereocenters. The Balaban J connectivity index is 1.58. The van der Waals surface area contributed by atoms with Gasteiger partial charge in [-0.05, 0) is 43.7 Å². The summed E-state index contributed by atoms with van der Waals surface area (Å²) in [4.78, 5) is 22.3. The number of hydrogen-bond acceptors (Lipinski definition) is 6. The van der Waals surface area contributed by atoms with Crippen molar-refractivity contribution in [3.8, 4) is 22.7 Å². The minimum absolute atomic E-state index is 0.135. The van der Waals surface area contributed by atoms with Gasteiger partial charge in [0.2, 0.25) is 5.89 Å².